The normalized spacial score (nSPS) is 38.4. The van der Waals surface area contributed by atoms with Gasteiger partial charge >= 0.3 is 11.9 Å². The molecule has 3 fully saturated rings. The van der Waals surface area contributed by atoms with Crippen LogP contribution < -0.4 is 4.74 Å². The van der Waals surface area contributed by atoms with Crippen molar-refractivity contribution in [3.05, 3.63) is 43.0 Å². The number of rotatable bonds is 9. The topological polar surface area (TPSA) is 132 Å². The second-order valence-electron chi connectivity index (χ2n) is 13.9. The summed E-state index contributed by atoms with van der Waals surface area (Å²) in [5, 5.41) is 24.4. The summed E-state index contributed by atoms with van der Waals surface area (Å²) < 4.78 is 24.5. The number of carbonyl (C=O) groups excluding carboxylic acids is 3. The van der Waals surface area contributed by atoms with Gasteiger partial charge in [-0.2, -0.15) is 0 Å². The number of hydrogen-bond acceptors (Lipinski definition) is 10. The molecular formula is C33H47NO9. The molecule has 0 spiro atoms. The molecule has 10 heteroatoms. The summed E-state index contributed by atoms with van der Waals surface area (Å²) in [5.41, 5.74) is -7.68. The number of aliphatic hydroxyl groups is 2. The van der Waals surface area contributed by atoms with Gasteiger partial charge in [-0.05, 0) is 58.3 Å². The van der Waals surface area contributed by atoms with Gasteiger partial charge in [-0.3, -0.25) is 9.59 Å². The van der Waals surface area contributed by atoms with E-state index in [1.54, 1.807) is 38.1 Å². The first-order valence-corrected chi connectivity index (χ1v) is 14.9. The molecule has 4 rings (SSSR count). The molecule has 43 heavy (non-hydrogen) atoms. The van der Waals surface area contributed by atoms with Crippen molar-refractivity contribution in [1.29, 1.82) is 0 Å². The van der Waals surface area contributed by atoms with Gasteiger partial charge in [0.15, 0.2) is 24.1 Å². The molecule has 238 valence electrons. The highest BCUT2D eigenvalue weighted by atomic mass is 16.6. The van der Waals surface area contributed by atoms with Gasteiger partial charge in [-0.25, -0.2) is 4.79 Å². The number of hydrogen-bond donors (Lipinski definition) is 2. The van der Waals surface area contributed by atoms with E-state index in [0.717, 1.165) is 0 Å². The molecule has 1 aromatic rings. The molecule has 2 N–H and O–H groups in total. The molecule has 0 bridgehead atoms. The van der Waals surface area contributed by atoms with Gasteiger partial charge < -0.3 is 34.1 Å². The molecule has 1 heterocycles. The lowest BCUT2D eigenvalue weighted by molar-refractivity contribution is -0.371. The van der Waals surface area contributed by atoms with Crippen LogP contribution in [0, 0.1) is 16.7 Å². The number of ether oxygens (including phenoxy) is 4. The number of benzene rings is 1. The number of fused-ring (bicyclic) bond motifs is 3. The van der Waals surface area contributed by atoms with E-state index in [4.69, 9.17) is 18.9 Å². The number of nitrogens with zero attached hydrogens (tertiary/aromatic N) is 1. The molecule has 1 saturated heterocycles. The fourth-order valence-corrected chi connectivity index (χ4v) is 7.92. The van der Waals surface area contributed by atoms with Crippen LogP contribution in [0.5, 0.6) is 5.75 Å². The van der Waals surface area contributed by atoms with Crippen LogP contribution in [0.1, 0.15) is 60.3 Å². The Morgan fingerprint density at radius 1 is 1.09 bits per heavy atom. The third kappa shape index (κ3) is 5.52. The van der Waals surface area contributed by atoms with Crippen molar-refractivity contribution in [2.24, 2.45) is 16.7 Å². The lowest BCUT2D eigenvalue weighted by Gasteiger charge is -2.71. The fourth-order valence-electron chi connectivity index (χ4n) is 7.92. The molecule has 2 saturated carbocycles. The Morgan fingerprint density at radius 3 is 2.35 bits per heavy atom. The van der Waals surface area contributed by atoms with Gasteiger partial charge in [0, 0.05) is 24.3 Å². The minimum Gasteiger partial charge on any atom is -0.482 e. The Labute approximate surface area is 254 Å². The summed E-state index contributed by atoms with van der Waals surface area (Å²) in [6, 6.07) is 8.73. The van der Waals surface area contributed by atoms with Gasteiger partial charge in [0.25, 0.3) is 0 Å². The standard InChI is InChI=1S/C33H47NO9/c1-9-30(4)19-23(36)33(39)31(5)22(35)15-17-29(2,3)27(31)26(41-24(37)16-18-34(7)8)28(32(33,6)43-30)42-25(38)20-40-21-13-11-10-12-14-21/h9-14,22,26-28,35,39H,1,15-20H2,2-8H3/t22-,26-,27-,28-,30-,31-,32+,33-/m0/s1. The Morgan fingerprint density at radius 2 is 1.74 bits per heavy atom. The number of ketones is 1. The maximum Gasteiger partial charge on any atom is 0.344 e. The summed E-state index contributed by atoms with van der Waals surface area (Å²) in [6.45, 7) is 12.5. The number of carbonyl (C=O) groups is 3. The molecule has 0 aromatic heterocycles. The van der Waals surface area contributed by atoms with E-state index >= 15 is 0 Å². The van der Waals surface area contributed by atoms with E-state index in [1.807, 2.05) is 38.9 Å². The minimum atomic E-state index is -2.32. The zero-order chi connectivity index (χ0) is 32.0. The summed E-state index contributed by atoms with van der Waals surface area (Å²) in [7, 11) is 3.67. The van der Waals surface area contributed by atoms with Crippen LogP contribution in [0.25, 0.3) is 0 Å². The van der Waals surface area contributed by atoms with Crippen LogP contribution in [0.2, 0.25) is 0 Å². The smallest absolute Gasteiger partial charge is 0.344 e. The fraction of sp³-hybridized carbons (Fsp3) is 0.667. The van der Waals surface area contributed by atoms with E-state index < -0.39 is 76.2 Å². The van der Waals surface area contributed by atoms with Crippen LogP contribution >= 0.6 is 0 Å². The zero-order valence-electron chi connectivity index (χ0n) is 26.4. The van der Waals surface area contributed by atoms with Crippen molar-refractivity contribution in [3.8, 4) is 5.75 Å². The van der Waals surface area contributed by atoms with Gasteiger partial charge in [-0.15, -0.1) is 6.58 Å². The molecule has 0 amide bonds. The largest absolute Gasteiger partial charge is 0.482 e. The minimum absolute atomic E-state index is 0.0544. The van der Waals surface area contributed by atoms with E-state index in [2.05, 4.69) is 6.58 Å². The highest BCUT2D eigenvalue weighted by Crippen LogP contribution is 2.67. The second kappa shape index (κ2) is 11.6. The Bertz CT molecular complexity index is 1230. The summed E-state index contributed by atoms with van der Waals surface area (Å²) in [6.07, 6.45) is -1.60. The summed E-state index contributed by atoms with van der Waals surface area (Å²) in [4.78, 5) is 42.9. The Hall–Kier alpha value is -2.79. The first-order chi connectivity index (χ1) is 19.9. The van der Waals surface area contributed by atoms with Gasteiger partial charge in [-0.1, -0.05) is 45.0 Å². The van der Waals surface area contributed by atoms with Crippen molar-refractivity contribution in [1.82, 2.24) is 4.90 Å². The van der Waals surface area contributed by atoms with Crippen LogP contribution in [-0.2, 0) is 28.6 Å². The van der Waals surface area contributed by atoms with Crippen molar-refractivity contribution in [2.45, 2.75) is 95.4 Å². The predicted octanol–water partition coefficient (Wildman–Crippen LogP) is 3.08. The van der Waals surface area contributed by atoms with E-state index in [9.17, 15) is 24.6 Å². The highest BCUT2D eigenvalue weighted by molar-refractivity contribution is 5.92. The van der Waals surface area contributed by atoms with Crippen molar-refractivity contribution in [2.75, 3.05) is 27.2 Å². The summed E-state index contributed by atoms with van der Waals surface area (Å²) in [5.74, 6) is -2.25. The lowest BCUT2D eigenvalue weighted by Crippen LogP contribution is -2.87. The first kappa shape index (κ1) is 33.1. The first-order valence-electron chi connectivity index (χ1n) is 14.9. The second-order valence-corrected chi connectivity index (χ2v) is 13.9. The molecule has 3 aliphatic rings. The predicted molar refractivity (Wildman–Crippen MR) is 158 cm³/mol. The van der Waals surface area contributed by atoms with Crippen molar-refractivity contribution < 1.29 is 43.5 Å². The van der Waals surface area contributed by atoms with Crippen molar-refractivity contribution in [3.63, 3.8) is 0 Å². The maximum atomic E-state index is 14.2. The lowest BCUT2D eigenvalue weighted by atomic mass is 9.39. The van der Waals surface area contributed by atoms with Crippen LogP contribution in [0.3, 0.4) is 0 Å². The zero-order valence-corrected chi connectivity index (χ0v) is 26.4. The highest BCUT2D eigenvalue weighted by Gasteiger charge is 2.82. The average Bonchev–Trinajstić information content (AvgIpc) is 2.93. The average molecular weight is 602 g/mol. The Kier molecular flexibility index (Phi) is 8.94. The van der Waals surface area contributed by atoms with Gasteiger partial charge in [0.1, 0.15) is 17.5 Å². The monoisotopic (exact) mass is 601 g/mol. The number of aliphatic hydroxyl groups excluding tert-OH is 1. The molecule has 1 aromatic carbocycles. The van der Waals surface area contributed by atoms with E-state index in [1.165, 1.54) is 13.0 Å². The molecule has 1 aliphatic heterocycles. The summed E-state index contributed by atoms with van der Waals surface area (Å²) >= 11 is 0. The van der Waals surface area contributed by atoms with Crippen LogP contribution in [0.15, 0.2) is 43.0 Å². The molecule has 10 nitrogen and oxygen atoms in total. The number of para-hydroxylation sites is 1. The van der Waals surface area contributed by atoms with Gasteiger partial charge in [0.2, 0.25) is 0 Å². The van der Waals surface area contributed by atoms with Crippen LogP contribution in [-0.4, -0.2) is 95.2 Å². The van der Waals surface area contributed by atoms with E-state index in [0.29, 0.717) is 25.1 Å². The molecule has 0 radical (unpaired) electrons. The number of esters is 2. The molecule has 0 unspecified atom stereocenters. The third-order valence-electron chi connectivity index (χ3n) is 10.1. The molecule has 8 atom stereocenters. The molecular weight excluding hydrogens is 554 g/mol. The Balaban J connectivity index is 1.86. The quantitative estimate of drug-likeness (QED) is 0.322. The van der Waals surface area contributed by atoms with Crippen LogP contribution in [0.4, 0.5) is 0 Å². The SMILES string of the molecule is C=C[C@@]1(C)CC(=O)[C@]2(O)[C@@]3(C)[C@@H](O)CCC(C)(C)[C@@H]3[C@H](OC(=O)CCN(C)C)[C@H](OC(=O)COc3ccccc3)[C@@]2(C)O1. The molecule has 2 aliphatic carbocycles. The number of Topliss-reactive ketones (excluding diaryl/α,β-unsaturated/α-hetero) is 1. The van der Waals surface area contributed by atoms with E-state index in [-0.39, 0.29) is 12.8 Å². The van der Waals surface area contributed by atoms with Crippen molar-refractivity contribution >= 4 is 17.7 Å². The maximum absolute atomic E-state index is 14.2. The van der Waals surface area contributed by atoms with Gasteiger partial charge in [0.05, 0.1) is 18.1 Å². The third-order valence-corrected chi connectivity index (χ3v) is 10.1.